The van der Waals surface area contributed by atoms with Crippen molar-refractivity contribution in [3.8, 4) is 0 Å². The number of rotatable bonds is 7. The Balaban J connectivity index is 1.79. The number of primary amides is 1. The first-order chi connectivity index (χ1) is 14.3. The van der Waals surface area contributed by atoms with Gasteiger partial charge in [0.1, 0.15) is 0 Å². The van der Waals surface area contributed by atoms with Gasteiger partial charge in [0.05, 0.1) is 16.1 Å². The third-order valence-corrected chi connectivity index (χ3v) is 6.25. The Kier molecular flexibility index (Phi) is 6.17. The van der Waals surface area contributed by atoms with Crippen molar-refractivity contribution in [1.29, 1.82) is 0 Å². The number of sulfonamides is 1. The summed E-state index contributed by atoms with van der Waals surface area (Å²) in [4.78, 5) is 24.2. The first kappa shape index (κ1) is 21.1. The minimum atomic E-state index is -3.81. The van der Waals surface area contributed by atoms with E-state index < -0.39 is 28.0 Å². The largest absolute Gasteiger partial charge is 0.444 e. The fourth-order valence-corrected chi connectivity index (χ4v) is 3.99. The van der Waals surface area contributed by atoms with E-state index in [1.54, 1.807) is 60.7 Å². The van der Waals surface area contributed by atoms with Gasteiger partial charge in [-0.25, -0.2) is 13.2 Å². The Hall–Kier alpha value is -3.65. The third kappa shape index (κ3) is 4.49. The van der Waals surface area contributed by atoms with E-state index in [4.69, 9.17) is 10.5 Å². The number of para-hydroxylation sites is 1. The molecule has 1 unspecified atom stereocenters. The molecule has 0 bridgehead atoms. The zero-order chi connectivity index (χ0) is 21.7. The summed E-state index contributed by atoms with van der Waals surface area (Å²) in [5.74, 6) is -1.60. The summed E-state index contributed by atoms with van der Waals surface area (Å²) in [6.07, 6.45) is -1.24. The maximum Gasteiger partial charge on any atom is 0.339 e. The number of esters is 1. The molecule has 0 fully saturated rings. The van der Waals surface area contributed by atoms with Crippen LogP contribution in [0.5, 0.6) is 0 Å². The number of ether oxygens (including phenoxy) is 1. The van der Waals surface area contributed by atoms with Crippen molar-refractivity contribution in [2.45, 2.75) is 11.0 Å². The first-order valence-electron chi connectivity index (χ1n) is 9.00. The summed E-state index contributed by atoms with van der Waals surface area (Å²) in [5, 5.41) is 0. The predicted molar refractivity (Wildman–Crippen MR) is 112 cm³/mol. The number of nitrogens with two attached hydrogens (primary N) is 1. The van der Waals surface area contributed by atoms with Crippen LogP contribution in [-0.2, 0) is 19.6 Å². The smallest absolute Gasteiger partial charge is 0.339 e. The molecular formula is C22H20N2O5S. The lowest BCUT2D eigenvalue weighted by molar-refractivity contribution is -0.127. The van der Waals surface area contributed by atoms with Crippen LogP contribution in [0.1, 0.15) is 22.0 Å². The highest BCUT2D eigenvalue weighted by Gasteiger charge is 2.25. The highest BCUT2D eigenvalue weighted by Crippen LogP contribution is 2.23. The molecule has 0 saturated heterocycles. The molecule has 7 nitrogen and oxygen atoms in total. The molecule has 3 aromatic carbocycles. The second kappa shape index (κ2) is 8.79. The van der Waals surface area contributed by atoms with Gasteiger partial charge in [0.25, 0.3) is 15.9 Å². The van der Waals surface area contributed by atoms with E-state index >= 15 is 0 Å². The Morgan fingerprint density at radius 2 is 1.40 bits per heavy atom. The number of carbonyl (C=O) groups is 2. The molecule has 154 valence electrons. The van der Waals surface area contributed by atoms with Crippen molar-refractivity contribution in [3.05, 3.63) is 96.1 Å². The number of hydrogen-bond acceptors (Lipinski definition) is 5. The lowest BCUT2D eigenvalue weighted by Gasteiger charge is -2.19. The first-order valence-corrected chi connectivity index (χ1v) is 10.4. The molecule has 3 aromatic rings. The maximum absolute atomic E-state index is 12.8. The molecule has 0 heterocycles. The van der Waals surface area contributed by atoms with Crippen LogP contribution >= 0.6 is 0 Å². The van der Waals surface area contributed by atoms with Crippen LogP contribution in [0, 0.1) is 0 Å². The van der Waals surface area contributed by atoms with Crippen molar-refractivity contribution < 1.29 is 22.7 Å². The van der Waals surface area contributed by atoms with Gasteiger partial charge in [-0.15, -0.1) is 0 Å². The second-order valence-electron chi connectivity index (χ2n) is 6.43. The fraction of sp³-hybridized carbons (Fsp3) is 0.0909. The van der Waals surface area contributed by atoms with Gasteiger partial charge in [0.15, 0.2) is 0 Å². The second-order valence-corrected chi connectivity index (χ2v) is 8.40. The highest BCUT2D eigenvalue weighted by molar-refractivity contribution is 7.92. The minimum Gasteiger partial charge on any atom is -0.444 e. The molecule has 0 radical (unpaired) electrons. The van der Waals surface area contributed by atoms with Gasteiger partial charge in [-0.05, 0) is 36.4 Å². The van der Waals surface area contributed by atoms with Gasteiger partial charge in [0.2, 0.25) is 6.10 Å². The van der Waals surface area contributed by atoms with E-state index in [1.165, 1.54) is 31.3 Å². The number of anilines is 1. The topological polar surface area (TPSA) is 107 Å². The van der Waals surface area contributed by atoms with Crippen LogP contribution in [0.4, 0.5) is 5.69 Å². The molecule has 0 aliphatic heterocycles. The van der Waals surface area contributed by atoms with E-state index in [9.17, 15) is 18.0 Å². The van der Waals surface area contributed by atoms with Crippen molar-refractivity contribution >= 4 is 27.6 Å². The van der Waals surface area contributed by atoms with Crippen LogP contribution in [0.3, 0.4) is 0 Å². The van der Waals surface area contributed by atoms with Gasteiger partial charge in [-0.1, -0.05) is 48.5 Å². The number of amides is 1. The van der Waals surface area contributed by atoms with Crippen molar-refractivity contribution in [1.82, 2.24) is 0 Å². The Morgan fingerprint density at radius 1 is 0.867 bits per heavy atom. The molecule has 3 rings (SSSR count). The van der Waals surface area contributed by atoms with Crippen LogP contribution in [0.2, 0.25) is 0 Å². The summed E-state index contributed by atoms with van der Waals surface area (Å²) in [6, 6.07) is 22.3. The molecule has 0 aliphatic carbocycles. The monoisotopic (exact) mass is 424 g/mol. The number of nitrogens with zero attached hydrogens (tertiary/aromatic N) is 1. The van der Waals surface area contributed by atoms with E-state index in [2.05, 4.69) is 0 Å². The number of benzene rings is 3. The lowest BCUT2D eigenvalue weighted by Crippen LogP contribution is -2.27. The average molecular weight is 424 g/mol. The third-order valence-electron chi connectivity index (χ3n) is 4.45. The van der Waals surface area contributed by atoms with Gasteiger partial charge < -0.3 is 10.5 Å². The van der Waals surface area contributed by atoms with Crippen LogP contribution < -0.4 is 10.0 Å². The zero-order valence-corrected chi connectivity index (χ0v) is 17.0. The Morgan fingerprint density at radius 3 is 1.93 bits per heavy atom. The van der Waals surface area contributed by atoms with Crippen LogP contribution in [0.15, 0.2) is 89.8 Å². The summed E-state index contributed by atoms with van der Waals surface area (Å²) >= 11 is 0. The standard InChI is InChI=1S/C22H20N2O5S/c1-24(18-10-6-3-7-11-18)30(27,28)19-14-12-17(13-15-19)22(26)29-20(21(23)25)16-8-4-2-5-9-16/h2-15,20H,1H3,(H2,23,25). The maximum atomic E-state index is 12.8. The van der Waals surface area contributed by atoms with Crippen molar-refractivity contribution in [2.24, 2.45) is 5.73 Å². The SMILES string of the molecule is CN(c1ccccc1)S(=O)(=O)c1ccc(C(=O)OC(C(N)=O)c2ccccc2)cc1. The molecule has 0 saturated carbocycles. The van der Waals surface area contributed by atoms with E-state index in [1.807, 2.05) is 0 Å². The van der Waals surface area contributed by atoms with E-state index in [0.717, 1.165) is 4.31 Å². The molecule has 2 N–H and O–H groups in total. The molecule has 1 atom stereocenters. The van der Waals surface area contributed by atoms with Gasteiger partial charge in [-0.2, -0.15) is 0 Å². The van der Waals surface area contributed by atoms with Gasteiger partial charge >= 0.3 is 5.97 Å². The van der Waals surface area contributed by atoms with Gasteiger partial charge in [-0.3, -0.25) is 9.10 Å². The molecule has 8 heteroatoms. The number of carbonyl (C=O) groups excluding carboxylic acids is 2. The van der Waals surface area contributed by atoms with Crippen molar-refractivity contribution in [3.63, 3.8) is 0 Å². The van der Waals surface area contributed by atoms with Crippen LogP contribution in [-0.4, -0.2) is 27.3 Å². The molecule has 0 aromatic heterocycles. The molecule has 1 amide bonds. The van der Waals surface area contributed by atoms with E-state index in [0.29, 0.717) is 11.3 Å². The number of hydrogen-bond donors (Lipinski definition) is 1. The molecular weight excluding hydrogens is 404 g/mol. The lowest BCUT2D eigenvalue weighted by atomic mass is 10.1. The highest BCUT2D eigenvalue weighted by atomic mass is 32.2. The molecule has 0 aliphatic rings. The van der Waals surface area contributed by atoms with E-state index in [-0.39, 0.29) is 10.5 Å². The minimum absolute atomic E-state index is 0.0138. The summed E-state index contributed by atoms with van der Waals surface area (Å²) in [7, 11) is -2.36. The zero-order valence-electron chi connectivity index (χ0n) is 16.1. The normalized spacial score (nSPS) is 12.0. The molecule has 30 heavy (non-hydrogen) atoms. The Labute approximate surface area is 174 Å². The summed E-state index contributed by atoms with van der Waals surface area (Å²) < 4.78 is 32.0. The molecule has 0 spiro atoms. The Bertz CT molecular complexity index is 1130. The fourth-order valence-electron chi connectivity index (χ4n) is 2.79. The average Bonchev–Trinajstić information content (AvgIpc) is 2.77. The summed E-state index contributed by atoms with van der Waals surface area (Å²) in [6.45, 7) is 0. The van der Waals surface area contributed by atoms with Gasteiger partial charge in [0, 0.05) is 12.6 Å². The predicted octanol–water partition coefficient (Wildman–Crippen LogP) is 2.90. The van der Waals surface area contributed by atoms with Crippen LogP contribution in [0.25, 0.3) is 0 Å². The van der Waals surface area contributed by atoms with Crippen molar-refractivity contribution in [2.75, 3.05) is 11.4 Å². The summed E-state index contributed by atoms with van der Waals surface area (Å²) in [5.41, 5.74) is 6.41. The quantitative estimate of drug-likeness (QED) is 0.587.